The predicted molar refractivity (Wildman–Crippen MR) is 83.6 cm³/mol. The van der Waals surface area contributed by atoms with Gasteiger partial charge in [0, 0.05) is 17.4 Å². The van der Waals surface area contributed by atoms with Crippen LogP contribution in [0.4, 0.5) is 5.69 Å². The number of hydrogen-bond donors (Lipinski definition) is 2. The number of quaternary nitrogens is 1. The van der Waals surface area contributed by atoms with Crippen LogP contribution in [0.25, 0.3) is 0 Å². The molecular weight excluding hydrogens is 264 g/mol. The molecule has 21 heavy (non-hydrogen) atoms. The fourth-order valence-electron chi connectivity index (χ4n) is 3.39. The van der Waals surface area contributed by atoms with Gasteiger partial charge in [0.1, 0.15) is 0 Å². The highest BCUT2D eigenvalue weighted by molar-refractivity contribution is 6.03. The maximum atomic E-state index is 12.2. The zero-order valence-corrected chi connectivity index (χ0v) is 13.1. The summed E-state index contributed by atoms with van der Waals surface area (Å²) in [6, 6.07) is 7.17. The van der Waals surface area contributed by atoms with Crippen LogP contribution in [0, 0.1) is 11.8 Å². The Morgan fingerprint density at radius 3 is 2.43 bits per heavy atom. The highest BCUT2D eigenvalue weighted by Crippen LogP contribution is 2.15. The molecule has 1 aliphatic heterocycles. The summed E-state index contributed by atoms with van der Waals surface area (Å²) in [4.78, 5) is 25.1. The zero-order chi connectivity index (χ0) is 15.4. The maximum Gasteiger partial charge on any atom is 0.279 e. The molecule has 0 aliphatic carbocycles. The Morgan fingerprint density at radius 1 is 1.19 bits per heavy atom. The van der Waals surface area contributed by atoms with Gasteiger partial charge in [0.05, 0.1) is 18.8 Å². The molecule has 0 radical (unpaired) electrons. The van der Waals surface area contributed by atoms with Crippen LogP contribution >= 0.6 is 0 Å². The number of rotatable bonds is 4. The molecule has 1 heterocycles. The maximum absolute atomic E-state index is 12.2. The third-order valence-electron chi connectivity index (χ3n) is 4.07. The molecule has 2 rings (SSSR count). The summed E-state index contributed by atoms with van der Waals surface area (Å²) >= 11 is 0. The molecule has 1 unspecified atom stereocenters. The summed E-state index contributed by atoms with van der Waals surface area (Å²) in [5.74, 6) is 1.29. The predicted octanol–water partition coefficient (Wildman–Crippen LogP) is 1.39. The first-order valence-electron chi connectivity index (χ1n) is 7.69. The van der Waals surface area contributed by atoms with Gasteiger partial charge < -0.3 is 10.2 Å². The normalized spacial score (nSPS) is 25.4. The molecule has 1 saturated heterocycles. The summed E-state index contributed by atoms with van der Waals surface area (Å²) in [7, 11) is 0. The van der Waals surface area contributed by atoms with E-state index in [2.05, 4.69) is 19.2 Å². The summed E-state index contributed by atoms with van der Waals surface area (Å²) in [6.07, 6.45) is 1.25. The Bertz CT molecular complexity index is 517. The SMILES string of the molecule is CC(=O)c1ccccc1NC(=O)C[NH+]1C[C@H](C)C[C@H](C)C1. The van der Waals surface area contributed by atoms with Gasteiger partial charge in [-0.15, -0.1) is 0 Å². The van der Waals surface area contributed by atoms with Crippen molar-refractivity contribution in [2.24, 2.45) is 11.8 Å². The van der Waals surface area contributed by atoms with Crippen molar-refractivity contribution in [3.8, 4) is 0 Å². The number of Topliss-reactive ketones (excluding diaryl/α,β-unsaturated/α-hetero) is 1. The standard InChI is InChI=1S/C17H24N2O2/c1-12-8-13(2)10-19(9-12)11-17(21)18-16-7-5-4-6-15(16)14(3)20/h4-7,12-13H,8-11H2,1-3H3,(H,18,21)/p+1/t12-,13+. The molecule has 114 valence electrons. The van der Waals surface area contributed by atoms with Crippen LogP contribution in [0.3, 0.4) is 0 Å². The molecule has 0 saturated carbocycles. The quantitative estimate of drug-likeness (QED) is 0.823. The minimum absolute atomic E-state index is 0.0139. The van der Waals surface area contributed by atoms with E-state index in [-0.39, 0.29) is 11.7 Å². The second kappa shape index (κ2) is 6.85. The van der Waals surface area contributed by atoms with E-state index in [0.29, 0.717) is 29.6 Å². The van der Waals surface area contributed by atoms with Crippen molar-refractivity contribution >= 4 is 17.4 Å². The molecule has 0 spiro atoms. The van der Waals surface area contributed by atoms with E-state index >= 15 is 0 Å². The highest BCUT2D eigenvalue weighted by atomic mass is 16.2. The lowest BCUT2D eigenvalue weighted by atomic mass is 9.92. The first-order valence-corrected chi connectivity index (χ1v) is 7.69. The molecule has 4 nitrogen and oxygen atoms in total. The third kappa shape index (κ3) is 4.39. The first-order chi connectivity index (χ1) is 9.95. The lowest BCUT2D eigenvalue weighted by Gasteiger charge is -2.31. The number of ketones is 1. The van der Waals surface area contributed by atoms with Crippen LogP contribution in [0.1, 0.15) is 37.6 Å². The van der Waals surface area contributed by atoms with Gasteiger partial charge >= 0.3 is 0 Å². The number of nitrogens with one attached hydrogen (secondary N) is 2. The number of carbonyl (C=O) groups excluding carboxylic acids is 2. The van der Waals surface area contributed by atoms with Gasteiger partial charge in [-0.05, 0) is 25.5 Å². The Kier molecular flexibility index (Phi) is 5.12. The van der Waals surface area contributed by atoms with Crippen molar-refractivity contribution in [1.82, 2.24) is 0 Å². The fraction of sp³-hybridized carbons (Fsp3) is 0.529. The summed E-state index contributed by atoms with van der Waals surface area (Å²) in [5.41, 5.74) is 1.19. The molecule has 1 aromatic rings. The Hall–Kier alpha value is -1.68. The van der Waals surface area contributed by atoms with Gasteiger partial charge in [-0.2, -0.15) is 0 Å². The van der Waals surface area contributed by atoms with E-state index < -0.39 is 0 Å². The van der Waals surface area contributed by atoms with Crippen LogP contribution in [0.5, 0.6) is 0 Å². The van der Waals surface area contributed by atoms with Crippen molar-refractivity contribution in [2.75, 3.05) is 25.0 Å². The number of carbonyl (C=O) groups is 2. The summed E-state index contributed by atoms with van der Waals surface area (Å²) < 4.78 is 0. The Balaban J connectivity index is 1.97. The molecule has 1 aromatic carbocycles. The number of anilines is 1. The average Bonchev–Trinajstić information content (AvgIpc) is 2.37. The molecule has 0 aromatic heterocycles. The number of piperidine rings is 1. The largest absolute Gasteiger partial charge is 0.327 e. The van der Waals surface area contributed by atoms with Crippen LogP contribution in [0.2, 0.25) is 0 Å². The molecule has 1 fully saturated rings. The van der Waals surface area contributed by atoms with Gasteiger partial charge in [0.2, 0.25) is 0 Å². The highest BCUT2D eigenvalue weighted by Gasteiger charge is 2.26. The molecule has 0 bridgehead atoms. The van der Waals surface area contributed by atoms with Crippen LogP contribution in [-0.4, -0.2) is 31.3 Å². The van der Waals surface area contributed by atoms with Gasteiger partial charge in [0.25, 0.3) is 5.91 Å². The smallest absolute Gasteiger partial charge is 0.279 e. The number of likely N-dealkylation sites (tertiary alicyclic amines) is 1. The minimum Gasteiger partial charge on any atom is -0.327 e. The lowest BCUT2D eigenvalue weighted by Crippen LogP contribution is -3.15. The number of benzene rings is 1. The number of hydrogen-bond acceptors (Lipinski definition) is 2. The van der Waals surface area contributed by atoms with E-state index in [1.54, 1.807) is 12.1 Å². The molecule has 3 atom stereocenters. The minimum atomic E-state index is -0.0292. The Labute approximate surface area is 126 Å². The first kappa shape index (κ1) is 15.7. The molecule has 2 N–H and O–H groups in total. The average molecular weight is 289 g/mol. The van der Waals surface area contributed by atoms with Crippen LogP contribution in [-0.2, 0) is 4.79 Å². The molecule has 4 heteroatoms. The number of para-hydroxylation sites is 1. The van der Waals surface area contributed by atoms with E-state index in [9.17, 15) is 9.59 Å². The van der Waals surface area contributed by atoms with Gasteiger partial charge in [-0.1, -0.05) is 26.0 Å². The zero-order valence-electron chi connectivity index (χ0n) is 13.1. The Morgan fingerprint density at radius 2 is 1.81 bits per heavy atom. The van der Waals surface area contributed by atoms with Crippen molar-refractivity contribution in [1.29, 1.82) is 0 Å². The van der Waals surface area contributed by atoms with Gasteiger partial charge in [0.15, 0.2) is 12.3 Å². The third-order valence-corrected chi connectivity index (χ3v) is 4.07. The van der Waals surface area contributed by atoms with Crippen molar-refractivity contribution < 1.29 is 14.5 Å². The fourth-order valence-corrected chi connectivity index (χ4v) is 3.39. The van der Waals surface area contributed by atoms with E-state index in [1.807, 2.05) is 12.1 Å². The van der Waals surface area contributed by atoms with Crippen molar-refractivity contribution in [3.05, 3.63) is 29.8 Å². The van der Waals surface area contributed by atoms with Crippen LogP contribution < -0.4 is 10.2 Å². The van der Waals surface area contributed by atoms with Crippen molar-refractivity contribution in [3.63, 3.8) is 0 Å². The van der Waals surface area contributed by atoms with Gasteiger partial charge in [-0.25, -0.2) is 0 Å². The van der Waals surface area contributed by atoms with E-state index in [0.717, 1.165) is 13.1 Å². The van der Waals surface area contributed by atoms with Crippen molar-refractivity contribution in [2.45, 2.75) is 27.2 Å². The van der Waals surface area contributed by atoms with E-state index in [1.165, 1.54) is 18.2 Å². The summed E-state index contributed by atoms with van der Waals surface area (Å²) in [5, 5.41) is 2.89. The van der Waals surface area contributed by atoms with Crippen LogP contribution in [0.15, 0.2) is 24.3 Å². The molecule has 1 aliphatic rings. The second-order valence-corrected chi connectivity index (χ2v) is 6.43. The number of amides is 1. The second-order valence-electron chi connectivity index (χ2n) is 6.43. The lowest BCUT2D eigenvalue weighted by molar-refractivity contribution is -0.904. The molecular formula is C17H25N2O2+. The summed E-state index contributed by atoms with van der Waals surface area (Å²) in [6.45, 7) is 8.58. The topological polar surface area (TPSA) is 50.6 Å². The molecule has 1 amide bonds. The monoisotopic (exact) mass is 289 g/mol. The van der Waals surface area contributed by atoms with Gasteiger partial charge in [-0.3, -0.25) is 9.59 Å². The van der Waals surface area contributed by atoms with E-state index in [4.69, 9.17) is 0 Å².